The van der Waals surface area contributed by atoms with E-state index in [9.17, 15) is 4.79 Å². The number of hydrogen-bond donors (Lipinski definition) is 1. The van der Waals surface area contributed by atoms with Gasteiger partial charge in [0.25, 0.3) is 5.91 Å². The summed E-state index contributed by atoms with van der Waals surface area (Å²) >= 11 is 0. The van der Waals surface area contributed by atoms with Gasteiger partial charge in [0.2, 0.25) is 0 Å². The lowest BCUT2D eigenvalue weighted by molar-refractivity contribution is 0.0934. The molecule has 36 heavy (non-hydrogen) atoms. The van der Waals surface area contributed by atoms with Gasteiger partial charge >= 0.3 is 0 Å². The smallest absolute Gasteiger partial charge is 0.255 e. The maximum atomic E-state index is 13.6. The van der Waals surface area contributed by atoms with Crippen molar-refractivity contribution in [2.75, 3.05) is 33.9 Å². The summed E-state index contributed by atoms with van der Waals surface area (Å²) in [5.74, 6) is 1.90. The van der Waals surface area contributed by atoms with Crippen LogP contribution in [-0.4, -0.2) is 54.4 Å². The van der Waals surface area contributed by atoms with Crippen molar-refractivity contribution in [1.82, 2.24) is 20.0 Å². The molecule has 8 heteroatoms. The third kappa shape index (κ3) is 4.85. The first-order chi connectivity index (χ1) is 17.7. The van der Waals surface area contributed by atoms with Crippen LogP contribution in [0, 0.1) is 0 Å². The second kappa shape index (κ2) is 10.7. The molecule has 2 aromatic heterocycles. The normalized spacial score (nSPS) is 14.5. The minimum Gasteiger partial charge on any atom is -0.497 e. The molecule has 1 saturated heterocycles. The number of methoxy groups -OCH3 is 2. The number of nitrogens with one attached hydrogen (secondary N) is 1. The Morgan fingerprint density at radius 3 is 2.56 bits per heavy atom. The summed E-state index contributed by atoms with van der Waals surface area (Å²) in [5.41, 5.74) is 2.50. The standard InChI is InChI=1S/C28H30N4O4/c1-34-21-12-13-25(35-2)22(17-21)27-23(19-32(30-27)20-9-4-3-5-10-20)28(33)29-18-24(26-11-8-16-36-26)31-14-6-7-15-31/h3-5,8-13,16-17,19,24H,6-7,14-15,18H2,1-2H3,(H,29,33)/t24-/m1/s1. The van der Waals surface area contributed by atoms with Crippen LogP contribution in [0.3, 0.4) is 0 Å². The first-order valence-electron chi connectivity index (χ1n) is 12.1. The molecule has 0 unspecified atom stereocenters. The molecule has 0 bridgehead atoms. The van der Waals surface area contributed by atoms with Crippen molar-refractivity contribution in [3.05, 3.63) is 84.4 Å². The van der Waals surface area contributed by atoms with Gasteiger partial charge in [-0.1, -0.05) is 18.2 Å². The van der Waals surface area contributed by atoms with Crippen LogP contribution in [0.25, 0.3) is 16.9 Å². The highest BCUT2D eigenvalue weighted by atomic mass is 16.5. The van der Waals surface area contributed by atoms with Crippen LogP contribution < -0.4 is 14.8 Å². The van der Waals surface area contributed by atoms with Crippen LogP contribution in [0.4, 0.5) is 0 Å². The van der Waals surface area contributed by atoms with Crippen molar-refractivity contribution in [3.63, 3.8) is 0 Å². The lowest BCUT2D eigenvalue weighted by Gasteiger charge is -2.26. The van der Waals surface area contributed by atoms with Gasteiger partial charge in [0.05, 0.1) is 37.8 Å². The summed E-state index contributed by atoms with van der Waals surface area (Å²) in [6.45, 7) is 2.40. The van der Waals surface area contributed by atoms with Crippen molar-refractivity contribution in [1.29, 1.82) is 0 Å². The minimum absolute atomic E-state index is 0.0228. The van der Waals surface area contributed by atoms with Crippen LogP contribution >= 0.6 is 0 Å². The number of nitrogens with zero attached hydrogens (tertiary/aromatic N) is 3. The van der Waals surface area contributed by atoms with Crippen LogP contribution in [0.5, 0.6) is 11.5 Å². The van der Waals surface area contributed by atoms with Gasteiger partial charge in [-0.25, -0.2) is 4.68 Å². The van der Waals surface area contributed by atoms with Crippen LogP contribution in [0.15, 0.2) is 77.5 Å². The molecular formula is C28H30N4O4. The van der Waals surface area contributed by atoms with E-state index in [0.29, 0.717) is 34.9 Å². The molecule has 2 aromatic carbocycles. The second-order valence-electron chi connectivity index (χ2n) is 8.72. The zero-order valence-electron chi connectivity index (χ0n) is 20.5. The fraction of sp³-hybridized carbons (Fsp3) is 0.286. The van der Waals surface area contributed by atoms with E-state index in [1.165, 1.54) is 0 Å². The molecule has 186 valence electrons. The van der Waals surface area contributed by atoms with E-state index in [2.05, 4.69) is 10.2 Å². The van der Waals surface area contributed by atoms with Gasteiger partial charge < -0.3 is 19.2 Å². The Balaban J connectivity index is 1.50. The number of likely N-dealkylation sites (tertiary alicyclic amines) is 1. The summed E-state index contributed by atoms with van der Waals surface area (Å²) in [6, 6.07) is 19.0. The van der Waals surface area contributed by atoms with E-state index in [-0.39, 0.29) is 11.9 Å². The molecule has 1 aliphatic heterocycles. The molecule has 3 heterocycles. The molecule has 0 radical (unpaired) electrons. The maximum Gasteiger partial charge on any atom is 0.255 e. The van der Waals surface area contributed by atoms with Gasteiger partial charge in [0.1, 0.15) is 23.0 Å². The van der Waals surface area contributed by atoms with Gasteiger partial charge in [-0.2, -0.15) is 5.10 Å². The molecule has 5 rings (SSSR count). The Hall–Kier alpha value is -4.04. The monoisotopic (exact) mass is 486 g/mol. The number of amides is 1. The molecule has 0 aliphatic carbocycles. The number of para-hydroxylation sites is 1. The van der Waals surface area contributed by atoms with Crippen LogP contribution in [-0.2, 0) is 0 Å². The highest BCUT2D eigenvalue weighted by Gasteiger charge is 2.28. The lowest BCUT2D eigenvalue weighted by atomic mass is 10.1. The number of carbonyl (C=O) groups is 1. The molecule has 0 saturated carbocycles. The zero-order valence-corrected chi connectivity index (χ0v) is 20.5. The van der Waals surface area contributed by atoms with Gasteiger partial charge in [0, 0.05) is 18.3 Å². The summed E-state index contributed by atoms with van der Waals surface area (Å²) in [6.07, 6.45) is 5.73. The third-order valence-electron chi connectivity index (χ3n) is 6.55. The average Bonchev–Trinajstić information content (AvgIpc) is 3.71. The number of benzene rings is 2. The predicted octanol–water partition coefficient (Wildman–Crippen LogP) is 4.72. The van der Waals surface area contributed by atoms with Crippen molar-refractivity contribution in [3.8, 4) is 28.4 Å². The number of ether oxygens (including phenoxy) is 2. The number of rotatable bonds is 9. The van der Waals surface area contributed by atoms with Gasteiger partial charge in [0.15, 0.2) is 0 Å². The molecule has 1 aliphatic rings. The SMILES string of the molecule is COc1ccc(OC)c(-c2nn(-c3ccccc3)cc2C(=O)NC[C@H](c2ccco2)N2CCCC2)c1. The predicted molar refractivity (Wildman–Crippen MR) is 137 cm³/mol. The molecule has 1 amide bonds. The maximum absolute atomic E-state index is 13.6. The molecule has 1 N–H and O–H groups in total. The Morgan fingerprint density at radius 1 is 1.06 bits per heavy atom. The Labute approximate surface area is 210 Å². The van der Waals surface area contributed by atoms with E-state index in [1.54, 1.807) is 31.4 Å². The van der Waals surface area contributed by atoms with Crippen molar-refractivity contribution < 1.29 is 18.7 Å². The van der Waals surface area contributed by atoms with E-state index in [4.69, 9.17) is 19.0 Å². The first kappa shape index (κ1) is 23.7. The Bertz CT molecular complexity index is 1290. The highest BCUT2D eigenvalue weighted by Crippen LogP contribution is 2.35. The molecular weight excluding hydrogens is 456 g/mol. The van der Waals surface area contributed by atoms with E-state index >= 15 is 0 Å². The van der Waals surface area contributed by atoms with E-state index in [0.717, 1.165) is 37.4 Å². The summed E-state index contributed by atoms with van der Waals surface area (Å²) in [7, 11) is 3.21. The Morgan fingerprint density at radius 2 is 1.86 bits per heavy atom. The second-order valence-corrected chi connectivity index (χ2v) is 8.72. The van der Waals surface area contributed by atoms with Crippen molar-refractivity contribution in [2.45, 2.75) is 18.9 Å². The van der Waals surface area contributed by atoms with Gasteiger partial charge in [-0.15, -0.1) is 0 Å². The zero-order chi connectivity index (χ0) is 24.9. The molecule has 1 fully saturated rings. The van der Waals surface area contributed by atoms with E-state index < -0.39 is 0 Å². The molecule has 4 aromatic rings. The highest BCUT2D eigenvalue weighted by molar-refractivity contribution is 6.00. The van der Waals surface area contributed by atoms with Gasteiger partial charge in [-0.3, -0.25) is 9.69 Å². The fourth-order valence-electron chi connectivity index (χ4n) is 4.68. The van der Waals surface area contributed by atoms with Crippen LogP contribution in [0.2, 0.25) is 0 Å². The number of aromatic nitrogens is 2. The number of furan rings is 1. The summed E-state index contributed by atoms with van der Waals surface area (Å²) in [4.78, 5) is 16.0. The van der Waals surface area contributed by atoms with Crippen LogP contribution in [0.1, 0.15) is 35.0 Å². The lowest BCUT2D eigenvalue weighted by Crippen LogP contribution is -2.36. The number of hydrogen-bond acceptors (Lipinski definition) is 6. The molecule has 1 atom stereocenters. The topological polar surface area (TPSA) is 81.8 Å². The minimum atomic E-state index is -0.215. The number of carbonyl (C=O) groups excluding carboxylic acids is 1. The average molecular weight is 487 g/mol. The first-order valence-corrected chi connectivity index (χ1v) is 12.1. The Kier molecular flexibility index (Phi) is 7.04. The third-order valence-corrected chi connectivity index (χ3v) is 6.55. The largest absolute Gasteiger partial charge is 0.497 e. The molecule has 0 spiro atoms. The quantitative estimate of drug-likeness (QED) is 0.369. The van der Waals surface area contributed by atoms with Crippen molar-refractivity contribution in [2.24, 2.45) is 0 Å². The summed E-state index contributed by atoms with van der Waals surface area (Å²) in [5, 5.41) is 7.94. The van der Waals surface area contributed by atoms with Crippen molar-refractivity contribution >= 4 is 5.91 Å². The summed E-state index contributed by atoms with van der Waals surface area (Å²) < 4.78 is 18.5. The van der Waals surface area contributed by atoms with Gasteiger partial charge in [-0.05, 0) is 68.4 Å². The van der Waals surface area contributed by atoms with E-state index in [1.807, 2.05) is 60.7 Å². The molecule has 8 nitrogen and oxygen atoms in total. The fourth-order valence-corrected chi connectivity index (χ4v) is 4.68.